The zero-order valence-corrected chi connectivity index (χ0v) is 16.3. The van der Waals surface area contributed by atoms with Crippen LogP contribution in [0.5, 0.6) is 0 Å². The van der Waals surface area contributed by atoms with Gasteiger partial charge in [0.25, 0.3) is 10.0 Å². The Morgan fingerprint density at radius 3 is 2.42 bits per heavy atom. The molecule has 0 spiro atoms. The quantitative estimate of drug-likeness (QED) is 0.737. The van der Waals surface area contributed by atoms with E-state index in [1.807, 2.05) is 6.92 Å². The van der Waals surface area contributed by atoms with Crippen molar-refractivity contribution in [2.45, 2.75) is 35.8 Å². The van der Waals surface area contributed by atoms with Crippen LogP contribution in [-0.4, -0.2) is 20.2 Å². The first-order valence-electron chi connectivity index (χ1n) is 8.00. The van der Waals surface area contributed by atoms with Crippen molar-refractivity contribution in [3.05, 3.63) is 46.3 Å². The van der Waals surface area contributed by atoms with Gasteiger partial charge in [0.15, 0.2) is 0 Å². The van der Waals surface area contributed by atoms with Crippen LogP contribution in [0.15, 0.2) is 40.6 Å². The molecule has 1 fully saturated rings. The highest BCUT2D eigenvalue weighted by Gasteiger charge is 2.42. The molecule has 0 saturated carbocycles. The molecule has 3 rings (SSSR count). The Labute approximate surface area is 160 Å². The molecule has 1 aromatic carbocycles. The molecule has 1 aliphatic rings. The van der Waals surface area contributed by atoms with Gasteiger partial charge in [0.1, 0.15) is 4.21 Å². The molecule has 0 aliphatic carbocycles. The van der Waals surface area contributed by atoms with E-state index in [-0.39, 0.29) is 22.4 Å². The van der Waals surface area contributed by atoms with E-state index in [0.29, 0.717) is 22.9 Å². The summed E-state index contributed by atoms with van der Waals surface area (Å²) in [6.07, 6.45) is 1.27. The minimum absolute atomic E-state index is 0.127. The van der Waals surface area contributed by atoms with Gasteiger partial charge in [0, 0.05) is 12.1 Å². The second kappa shape index (κ2) is 7.02. The third-order valence-corrected chi connectivity index (χ3v) is 7.68. The van der Waals surface area contributed by atoms with E-state index in [0.717, 1.165) is 16.9 Å². The predicted molar refractivity (Wildman–Crippen MR) is 101 cm³/mol. The molecule has 2 amide bonds. The van der Waals surface area contributed by atoms with E-state index in [4.69, 9.17) is 11.6 Å². The maximum absolute atomic E-state index is 12.4. The number of piperidine rings is 1. The molecule has 0 radical (unpaired) electrons. The summed E-state index contributed by atoms with van der Waals surface area (Å²) in [5, 5.41) is 2.40. The molecular weight excluding hydrogens is 396 g/mol. The lowest BCUT2D eigenvalue weighted by Gasteiger charge is -2.35. The first-order chi connectivity index (χ1) is 12.3. The van der Waals surface area contributed by atoms with Gasteiger partial charge >= 0.3 is 0 Å². The number of carbonyl (C=O) groups is 2. The largest absolute Gasteiger partial charge is 0.296 e. The van der Waals surface area contributed by atoms with Crippen molar-refractivity contribution in [2.24, 2.45) is 0 Å². The molecule has 2 heterocycles. The van der Waals surface area contributed by atoms with Crippen LogP contribution in [0.3, 0.4) is 0 Å². The van der Waals surface area contributed by atoms with Crippen LogP contribution in [-0.2, 0) is 25.0 Å². The lowest BCUT2D eigenvalue weighted by atomic mass is 9.72. The molecular formula is C17H17ClN2O4S2. The highest BCUT2D eigenvalue weighted by atomic mass is 35.5. The molecule has 2 N–H and O–H groups in total. The predicted octanol–water partition coefficient (Wildman–Crippen LogP) is 3.29. The Hall–Kier alpha value is -1.90. The number of hydrogen-bond donors (Lipinski definition) is 2. The number of hydrogen-bond acceptors (Lipinski definition) is 5. The van der Waals surface area contributed by atoms with Crippen LogP contribution in [0.2, 0.25) is 4.34 Å². The zero-order valence-electron chi connectivity index (χ0n) is 13.9. The molecule has 26 heavy (non-hydrogen) atoms. The van der Waals surface area contributed by atoms with E-state index >= 15 is 0 Å². The maximum atomic E-state index is 12.4. The van der Waals surface area contributed by atoms with Crippen LogP contribution in [0.1, 0.15) is 31.7 Å². The van der Waals surface area contributed by atoms with Crippen LogP contribution in [0.25, 0.3) is 0 Å². The van der Waals surface area contributed by atoms with Gasteiger partial charge in [0.05, 0.1) is 9.75 Å². The number of anilines is 1. The minimum Gasteiger partial charge on any atom is -0.296 e. The van der Waals surface area contributed by atoms with Crippen molar-refractivity contribution in [3.8, 4) is 0 Å². The summed E-state index contributed by atoms with van der Waals surface area (Å²) in [7, 11) is -3.71. The first kappa shape index (κ1) is 18.9. The summed E-state index contributed by atoms with van der Waals surface area (Å²) in [6.45, 7) is 1.90. The fraction of sp³-hybridized carbons (Fsp3) is 0.294. The van der Waals surface area contributed by atoms with Gasteiger partial charge in [-0.15, -0.1) is 11.3 Å². The van der Waals surface area contributed by atoms with Crippen molar-refractivity contribution in [1.82, 2.24) is 5.32 Å². The Morgan fingerprint density at radius 2 is 1.88 bits per heavy atom. The molecule has 1 aromatic heterocycles. The highest BCUT2D eigenvalue weighted by molar-refractivity contribution is 7.94. The van der Waals surface area contributed by atoms with Gasteiger partial charge in [-0.2, -0.15) is 0 Å². The summed E-state index contributed by atoms with van der Waals surface area (Å²) in [5.74, 6) is -0.573. The lowest BCUT2D eigenvalue weighted by molar-refractivity contribution is -0.138. The van der Waals surface area contributed by atoms with Gasteiger partial charge in [-0.05, 0) is 42.7 Å². The Morgan fingerprint density at radius 1 is 1.19 bits per heavy atom. The van der Waals surface area contributed by atoms with E-state index in [1.54, 1.807) is 24.3 Å². The normalized spacial score (nSPS) is 20.7. The molecule has 9 heteroatoms. The van der Waals surface area contributed by atoms with Gasteiger partial charge in [-0.3, -0.25) is 19.6 Å². The van der Waals surface area contributed by atoms with Crippen LogP contribution < -0.4 is 10.0 Å². The number of carbonyl (C=O) groups excluding carboxylic acids is 2. The van der Waals surface area contributed by atoms with Crippen molar-refractivity contribution in [3.63, 3.8) is 0 Å². The molecule has 1 saturated heterocycles. The Kier molecular flexibility index (Phi) is 5.09. The minimum atomic E-state index is -3.71. The van der Waals surface area contributed by atoms with Crippen molar-refractivity contribution < 1.29 is 18.0 Å². The SMILES string of the molecule is CC[C@@]1(c2ccc(NS(=O)(=O)c3ccc(Cl)s3)cc2)CCC(=O)NC1=O. The van der Waals surface area contributed by atoms with Crippen molar-refractivity contribution in [1.29, 1.82) is 0 Å². The van der Waals surface area contributed by atoms with Crippen molar-refractivity contribution >= 4 is 50.5 Å². The fourth-order valence-electron chi connectivity index (χ4n) is 3.07. The smallest absolute Gasteiger partial charge is 0.271 e. The third kappa shape index (κ3) is 3.49. The van der Waals surface area contributed by atoms with E-state index in [2.05, 4.69) is 10.0 Å². The number of halogens is 1. The Bertz CT molecular complexity index is 953. The Balaban J connectivity index is 1.84. The molecule has 2 aromatic rings. The second-order valence-corrected chi connectivity index (χ2v) is 9.68. The molecule has 1 atom stereocenters. The molecule has 1 aliphatic heterocycles. The maximum Gasteiger partial charge on any atom is 0.271 e. The first-order valence-corrected chi connectivity index (χ1v) is 10.7. The number of thiophene rings is 1. The summed E-state index contributed by atoms with van der Waals surface area (Å²) >= 11 is 6.77. The fourth-order valence-corrected chi connectivity index (χ4v) is 5.61. The van der Waals surface area contributed by atoms with Crippen LogP contribution >= 0.6 is 22.9 Å². The summed E-state index contributed by atoms with van der Waals surface area (Å²) in [5.41, 5.74) is 0.371. The van der Waals surface area contributed by atoms with Gasteiger partial charge in [-0.25, -0.2) is 8.42 Å². The number of sulfonamides is 1. The number of nitrogens with one attached hydrogen (secondary N) is 2. The molecule has 0 unspecified atom stereocenters. The number of amides is 2. The third-order valence-electron chi connectivity index (χ3n) is 4.57. The summed E-state index contributed by atoms with van der Waals surface area (Å²) in [6, 6.07) is 9.64. The molecule has 138 valence electrons. The number of rotatable bonds is 5. The monoisotopic (exact) mass is 412 g/mol. The van der Waals surface area contributed by atoms with Crippen LogP contribution in [0, 0.1) is 0 Å². The average molecular weight is 413 g/mol. The van der Waals surface area contributed by atoms with Crippen molar-refractivity contribution in [2.75, 3.05) is 4.72 Å². The van der Waals surface area contributed by atoms with Gasteiger partial charge in [-0.1, -0.05) is 30.7 Å². The van der Waals surface area contributed by atoms with E-state index in [1.165, 1.54) is 12.1 Å². The van der Waals surface area contributed by atoms with E-state index in [9.17, 15) is 18.0 Å². The summed E-state index contributed by atoms with van der Waals surface area (Å²) < 4.78 is 27.7. The van der Waals surface area contributed by atoms with Crippen LogP contribution in [0.4, 0.5) is 5.69 Å². The second-order valence-electron chi connectivity index (χ2n) is 6.05. The highest BCUT2D eigenvalue weighted by Crippen LogP contribution is 2.36. The zero-order chi connectivity index (χ0) is 18.9. The van der Waals surface area contributed by atoms with Gasteiger partial charge < -0.3 is 0 Å². The van der Waals surface area contributed by atoms with Gasteiger partial charge in [0.2, 0.25) is 11.8 Å². The van der Waals surface area contributed by atoms with E-state index < -0.39 is 15.4 Å². The standard InChI is InChI=1S/C17H17ClN2O4S2/c1-2-17(10-9-14(21)19-16(17)22)11-3-5-12(6-4-11)20-26(23,24)15-8-7-13(18)25-15/h3-8,20H,2,9-10H2,1H3,(H,19,21,22)/t17-/m0/s1. The average Bonchev–Trinajstić information content (AvgIpc) is 3.04. The summed E-state index contributed by atoms with van der Waals surface area (Å²) in [4.78, 5) is 23.8. The topological polar surface area (TPSA) is 92.3 Å². The number of benzene rings is 1. The molecule has 0 bridgehead atoms. The number of imide groups is 1. The molecule has 6 nitrogen and oxygen atoms in total. The lowest BCUT2D eigenvalue weighted by Crippen LogP contribution is -2.51.